The van der Waals surface area contributed by atoms with Gasteiger partial charge in [0.2, 0.25) is 15.9 Å². The number of rotatable bonds is 6. The summed E-state index contributed by atoms with van der Waals surface area (Å²) in [7, 11) is -3.36. The molecule has 1 rings (SSSR count). The van der Waals surface area contributed by atoms with Gasteiger partial charge in [0.15, 0.2) is 0 Å². The lowest BCUT2D eigenvalue weighted by molar-refractivity contribution is -0.116. The Morgan fingerprint density at radius 2 is 1.75 bits per heavy atom. The van der Waals surface area contributed by atoms with Crippen molar-refractivity contribution < 1.29 is 13.2 Å². The number of hydrogen-bond acceptors (Lipinski definition) is 3. The fraction of sp³-hybridized carbons (Fsp3) is 0.500. The monoisotopic (exact) mass is 298 g/mol. The summed E-state index contributed by atoms with van der Waals surface area (Å²) in [5.41, 5.74) is 2.79. The van der Waals surface area contributed by atoms with Crippen molar-refractivity contribution in [2.24, 2.45) is 0 Å². The number of aryl methyl sites for hydroxylation is 2. The number of nitrogens with one attached hydrogen (secondary N) is 1. The first-order valence-electron chi connectivity index (χ1n) is 6.55. The highest BCUT2D eigenvalue weighted by atomic mass is 32.2. The summed E-state index contributed by atoms with van der Waals surface area (Å²) in [6.07, 6.45) is 1.79. The molecule has 1 aromatic rings. The summed E-state index contributed by atoms with van der Waals surface area (Å²) in [6.45, 7) is 5.96. The Labute approximate surface area is 121 Å². The van der Waals surface area contributed by atoms with Crippen LogP contribution >= 0.6 is 0 Å². The van der Waals surface area contributed by atoms with Gasteiger partial charge in [-0.1, -0.05) is 13.0 Å². The van der Waals surface area contributed by atoms with E-state index in [-0.39, 0.29) is 12.5 Å². The molecule has 1 aromatic carbocycles. The average Bonchev–Trinajstić information content (AvgIpc) is 2.25. The molecular formula is C14H22N2O3S. The standard InChI is InChI=1S/C14H22N2O3S/c1-5-6-16(20(4,18)19)10-14(17)15-13-8-11(2)7-12(3)9-13/h7-9H,5-6,10H2,1-4H3,(H,15,17). The van der Waals surface area contributed by atoms with Crippen LogP contribution in [0.5, 0.6) is 0 Å². The van der Waals surface area contributed by atoms with Crippen molar-refractivity contribution in [3.63, 3.8) is 0 Å². The van der Waals surface area contributed by atoms with Crippen molar-refractivity contribution in [2.75, 3.05) is 24.7 Å². The van der Waals surface area contributed by atoms with Crippen molar-refractivity contribution >= 4 is 21.6 Å². The molecule has 1 N–H and O–H groups in total. The fourth-order valence-corrected chi connectivity index (χ4v) is 2.89. The number of carbonyl (C=O) groups excluding carboxylic acids is 1. The van der Waals surface area contributed by atoms with Crippen molar-refractivity contribution in [2.45, 2.75) is 27.2 Å². The number of hydrogen-bond donors (Lipinski definition) is 1. The second-order valence-corrected chi connectivity index (χ2v) is 7.00. The minimum absolute atomic E-state index is 0.153. The maximum Gasteiger partial charge on any atom is 0.239 e. The van der Waals surface area contributed by atoms with Gasteiger partial charge in [-0.2, -0.15) is 4.31 Å². The molecule has 0 fully saturated rings. The first kappa shape index (κ1) is 16.7. The van der Waals surface area contributed by atoms with Gasteiger partial charge in [0, 0.05) is 12.2 Å². The maximum absolute atomic E-state index is 11.9. The van der Waals surface area contributed by atoms with Crippen LogP contribution < -0.4 is 5.32 Å². The highest BCUT2D eigenvalue weighted by molar-refractivity contribution is 7.88. The van der Waals surface area contributed by atoms with E-state index in [1.165, 1.54) is 4.31 Å². The van der Waals surface area contributed by atoms with E-state index in [0.29, 0.717) is 18.7 Å². The first-order chi connectivity index (χ1) is 9.22. The molecule has 0 heterocycles. The van der Waals surface area contributed by atoms with Crippen LogP contribution in [0.25, 0.3) is 0 Å². The molecule has 0 aliphatic carbocycles. The third-order valence-electron chi connectivity index (χ3n) is 2.77. The van der Waals surface area contributed by atoms with E-state index in [1.54, 1.807) is 0 Å². The van der Waals surface area contributed by atoms with Crippen LogP contribution in [-0.4, -0.2) is 38.0 Å². The molecule has 0 saturated carbocycles. The summed E-state index contributed by atoms with van der Waals surface area (Å²) in [6, 6.07) is 5.72. The second kappa shape index (κ2) is 6.85. The molecule has 1 amide bonds. The Morgan fingerprint density at radius 3 is 2.20 bits per heavy atom. The summed E-state index contributed by atoms with van der Waals surface area (Å²) in [4.78, 5) is 11.9. The number of nitrogens with zero attached hydrogens (tertiary/aromatic N) is 1. The van der Waals surface area contributed by atoms with E-state index in [0.717, 1.165) is 17.4 Å². The predicted octanol–water partition coefficient (Wildman–Crippen LogP) is 1.91. The number of anilines is 1. The highest BCUT2D eigenvalue weighted by Crippen LogP contribution is 2.13. The zero-order valence-corrected chi connectivity index (χ0v) is 13.3. The number of benzene rings is 1. The molecule has 5 nitrogen and oxygen atoms in total. The van der Waals surface area contributed by atoms with Gasteiger partial charge in [-0.15, -0.1) is 0 Å². The highest BCUT2D eigenvalue weighted by Gasteiger charge is 2.19. The van der Waals surface area contributed by atoms with E-state index in [9.17, 15) is 13.2 Å². The zero-order valence-electron chi connectivity index (χ0n) is 12.4. The van der Waals surface area contributed by atoms with Crippen LogP contribution in [0.2, 0.25) is 0 Å². The third kappa shape index (κ3) is 5.30. The Bertz CT molecular complexity index is 562. The van der Waals surface area contributed by atoms with E-state index >= 15 is 0 Å². The lowest BCUT2D eigenvalue weighted by Gasteiger charge is -2.18. The smallest absolute Gasteiger partial charge is 0.239 e. The van der Waals surface area contributed by atoms with Crippen molar-refractivity contribution in [3.8, 4) is 0 Å². The van der Waals surface area contributed by atoms with Crippen LogP contribution in [0.15, 0.2) is 18.2 Å². The number of sulfonamides is 1. The zero-order chi connectivity index (χ0) is 15.3. The van der Waals surface area contributed by atoms with Crippen molar-refractivity contribution in [3.05, 3.63) is 29.3 Å². The molecule has 0 atom stereocenters. The van der Waals surface area contributed by atoms with Crippen LogP contribution in [0, 0.1) is 13.8 Å². The maximum atomic E-state index is 11.9. The number of amides is 1. The number of carbonyl (C=O) groups is 1. The van der Waals surface area contributed by atoms with E-state index < -0.39 is 10.0 Å². The normalized spacial score (nSPS) is 11.7. The van der Waals surface area contributed by atoms with Gasteiger partial charge in [-0.3, -0.25) is 4.79 Å². The molecule has 0 radical (unpaired) electrons. The Balaban J connectivity index is 2.75. The molecule has 112 valence electrons. The lowest BCUT2D eigenvalue weighted by Crippen LogP contribution is -2.37. The van der Waals surface area contributed by atoms with Crippen molar-refractivity contribution in [1.29, 1.82) is 0 Å². The average molecular weight is 298 g/mol. The second-order valence-electron chi connectivity index (χ2n) is 5.02. The van der Waals surface area contributed by atoms with Crippen molar-refractivity contribution in [1.82, 2.24) is 4.31 Å². The Kier molecular flexibility index (Phi) is 5.71. The van der Waals surface area contributed by atoms with Gasteiger partial charge in [-0.25, -0.2) is 8.42 Å². The molecule has 0 bridgehead atoms. The van der Waals surface area contributed by atoms with Gasteiger partial charge in [0.1, 0.15) is 0 Å². The van der Waals surface area contributed by atoms with Gasteiger partial charge in [0.05, 0.1) is 12.8 Å². The third-order valence-corrected chi connectivity index (χ3v) is 4.02. The minimum atomic E-state index is -3.36. The molecule has 0 aliphatic rings. The molecule has 0 saturated heterocycles. The molecular weight excluding hydrogens is 276 g/mol. The van der Waals surface area contributed by atoms with Gasteiger partial charge in [0.25, 0.3) is 0 Å². The molecule has 0 aliphatic heterocycles. The van der Waals surface area contributed by atoms with E-state index in [4.69, 9.17) is 0 Å². The first-order valence-corrected chi connectivity index (χ1v) is 8.40. The van der Waals surface area contributed by atoms with Crippen LogP contribution in [0.3, 0.4) is 0 Å². The van der Waals surface area contributed by atoms with Crippen LogP contribution in [0.4, 0.5) is 5.69 Å². The van der Waals surface area contributed by atoms with Crippen LogP contribution in [-0.2, 0) is 14.8 Å². The fourth-order valence-electron chi connectivity index (χ4n) is 2.02. The summed E-state index contributed by atoms with van der Waals surface area (Å²) >= 11 is 0. The molecule has 6 heteroatoms. The topological polar surface area (TPSA) is 66.5 Å². The summed E-state index contributed by atoms with van der Waals surface area (Å²) in [5.74, 6) is -0.325. The van der Waals surface area contributed by atoms with Gasteiger partial charge in [-0.05, 0) is 43.5 Å². The van der Waals surface area contributed by atoms with Gasteiger partial charge >= 0.3 is 0 Å². The SMILES string of the molecule is CCCN(CC(=O)Nc1cc(C)cc(C)c1)S(C)(=O)=O. The predicted molar refractivity (Wildman–Crippen MR) is 81.3 cm³/mol. The van der Waals surface area contributed by atoms with Crippen LogP contribution in [0.1, 0.15) is 24.5 Å². The molecule has 0 spiro atoms. The molecule has 0 unspecified atom stereocenters. The van der Waals surface area contributed by atoms with E-state index in [1.807, 2.05) is 39.0 Å². The Morgan fingerprint density at radius 1 is 1.20 bits per heavy atom. The summed E-state index contributed by atoms with van der Waals surface area (Å²) in [5, 5.41) is 2.74. The largest absolute Gasteiger partial charge is 0.325 e. The Hall–Kier alpha value is -1.40. The minimum Gasteiger partial charge on any atom is -0.325 e. The van der Waals surface area contributed by atoms with Gasteiger partial charge < -0.3 is 5.32 Å². The molecule has 0 aromatic heterocycles. The summed E-state index contributed by atoms with van der Waals surface area (Å²) < 4.78 is 24.3. The van der Waals surface area contributed by atoms with E-state index in [2.05, 4.69) is 5.32 Å². The lowest BCUT2D eigenvalue weighted by atomic mass is 10.1. The quantitative estimate of drug-likeness (QED) is 0.872. The molecule has 20 heavy (non-hydrogen) atoms.